The summed E-state index contributed by atoms with van der Waals surface area (Å²) in [5.41, 5.74) is 0. The van der Waals surface area contributed by atoms with Gasteiger partial charge in [0.2, 0.25) is 0 Å². The van der Waals surface area contributed by atoms with Crippen molar-refractivity contribution in [2.75, 3.05) is 0 Å². The summed E-state index contributed by atoms with van der Waals surface area (Å²) in [6.45, 7) is 0. The Kier molecular flexibility index (Phi) is 3.96. The predicted molar refractivity (Wildman–Crippen MR) is 49.5 cm³/mol. The van der Waals surface area contributed by atoms with E-state index in [9.17, 15) is 0 Å². The Bertz CT molecular complexity index is 95.3. The monoisotopic (exact) mass is 156 g/mol. The highest BCUT2D eigenvalue weighted by Gasteiger charge is 2.00. The van der Waals surface area contributed by atoms with Crippen molar-refractivity contribution in [3.05, 3.63) is 0 Å². The van der Waals surface area contributed by atoms with Crippen LogP contribution < -0.4 is 0 Å². The fourth-order valence-electron chi connectivity index (χ4n) is 1.48. The topological polar surface area (TPSA) is 0 Å². The molecule has 58 valence electrons. The van der Waals surface area contributed by atoms with Gasteiger partial charge in [0.25, 0.3) is 0 Å². The number of hydrogen-bond acceptors (Lipinski definition) is 1. The van der Waals surface area contributed by atoms with Crippen molar-refractivity contribution in [2.45, 2.75) is 51.4 Å². The molecule has 0 spiro atoms. The summed E-state index contributed by atoms with van der Waals surface area (Å²) in [6, 6.07) is 0. The molecule has 0 bridgehead atoms. The van der Waals surface area contributed by atoms with Crippen LogP contribution in [-0.2, 0) is 0 Å². The standard InChI is InChI=1S/C9H16S/c10-9-7-5-3-1-2-4-6-8-9/h1-8H2. The highest BCUT2D eigenvalue weighted by molar-refractivity contribution is 7.80. The van der Waals surface area contributed by atoms with E-state index in [0.29, 0.717) is 0 Å². The van der Waals surface area contributed by atoms with E-state index in [1.807, 2.05) is 0 Å². The van der Waals surface area contributed by atoms with Crippen molar-refractivity contribution in [2.24, 2.45) is 0 Å². The molecular weight excluding hydrogens is 140 g/mol. The van der Waals surface area contributed by atoms with Crippen molar-refractivity contribution in [3.8, 4) is 0 Å². The zero-order valence-corrected chi connectivity index (χ0v) is 7.38. The molecule has 1 fully saturated rings. The van der Waals surface area contributed by atoms with Gasteiger partial charge in [0.05, 0.1) is 0 Å². The summed E-state index contributed by atoms with van der Waals surface area (Å²) in [5.74, 6) is 0. The van der Waals surface area contributed by atoms with Gasteiger partial charge in [-0.2, -0.15) is 0 Å². The van der Waals surface area contributed by atoms with Crippen LogP contribution in [0.15, 0.2) is 0 Å². The van der Waals surface area contributed by atoms with Gasteiger partial charge in [-0.1, -0.05) is 37.9 Å². The van der Waals surface area contributed by atoms with Crippen molar-refractivity contribution >= 4 is 17.1 Å². The molecule has 0 aliphatic heterocycles. The highest BCUT2D eigenvalue weighted by Crippen LogP contribution is 2.14. The van der Waals surface area contributed by atoms with E-state index >= 15 is 0 Å². The second kappa shape index (κ2) is 4.84. The first-order chi connectivity index (χ1) is 4.89. The maximum atomic E-state index is 5.21. The molecule has 1 aliphatic rings. The number of thiocarbonyl (C=S) groups is 1. The molecule has 10 heavy (non-hydrogen) atoms. The van der Waals surface area contributed by atoms with Gasteiger partial charge >= 0.3 is 0 Å². The summed E-state index contributed by atoms with van der Waals surface area (Å²) >= 11 is 5.21. The second-order valence-corrected chi connectivity index (χ2v) is 3.74. The third-order valence-electron chi connectivity index (χ3n) is 2.16. The SMILES string of the molecule is S=C1CCCCCCCC1. The molecule has 1 aliphatic carbocycles. The highest BCUT2D eigenvalue weighted by atomic mass is 32.1. The van der Waals surface area contributed by atoms with Crippen molar-refractivity contribution < 1.29 is 0 Å². The first kappa shape index (κ1) is 8.19. The van der Waals surface area contributed by atoms with Gasteiger partial charge in [-0.3, -0.25) is 0 Å². The molecule has 0 radical (unpaired) electrons. The van der Waals surface area contributed by atoms with Gasteiger partial charge in [0, 0.05) is 0 Å². The Morgan fingerprint density at radius 2 is 1.10 bits per heavy atom. The molecule has 0 saturated heterocycles. The van der Waals surface area contributed by atoms with Crippen molar-refractivity contribution in [3.63, 3.8) is 0 Å². The smallest absolute Gasteiger partial charge is 0.00715 e. The lowest BCUT2D eigenvalue weighted by atomic mass is 10.1. The van der Waals surface area contributed by atoms with Gasteiger partial charge in [-0.15, -0.1) is 0 Å². The van der Waals surface area contributed by atoms with Crippen LogP contribution in [0.4, 0.5) is 0 Å². The molecule has 0 atom stereocenters. The molecule has 0 aromatic rings. The molecular formula is C9H16S. The zero-order valence-electron chi connectivity index (χ0n) is 6.57. The van der Waals surface area contributed by atoms with Gasteiger partial charge in [-0.25, -0.2) is 0 Å². The predicted octanol–water partition coefficient (Wildman–Crippen LogP) is 3.49. The molecule has 1 saturated carbocycles. The number of rotatable bonds is 0. The summed E-state index contributed by atoms with van der Waals surface area (Å²) in [6.07, 6.45) is 10.8. The largest absolute Gasteiger partial charge is 0.0897 e. The number of hydrogen-bond donors (Lipinski definition) is 0. The quantitative estimate of drug-likeness (QED) is 0.484. The minimum atomic E-state index is 1.22. The normalized spacial score (nSPS) is 23.0. The summed E-state index contributed by atoms with van der Waals surface area (Å²) in [7, 11) is 0. The minimum absolute atomic E-state index is 1.22. The zero-order chi connectivity index (χ0) is 7.23. The molecule has 1 heteroatoms. The first-order valence-electron chi connectivity index (χ1n) is 4.41. The molecule has 0 amide bonds. The van der Waals surface area contributed by atoms with Gasteiger partial charge in [0.1, 0.15) is 0 Å². The van der Waals surface area contributed by atoms with E-state index < -0.39 is 0 Å². The van der Waals surface area contributed by atoms with E-state index in [0.717, 1.165) is 0 Å². The van der Waals surface area contributed by atoms with Crippen LogP contribution >= 0.6 is 12.2 Å². The van der Waals surface area contributed by atoms with E-state index in [2.05, 4.69) is 0 Å². The Hall–Kier alpha value is 0.0900. The summed E-state index contributed by atoms with van der Waals surface area (Å²) < 4.78 is 0. The van der Waals surface area contributed by atoms with Crippen molar-refractivity contribution in [1.29, 1.82) is 0 Å². The fraction of sp³-hybridized carbons (Fsp3) is 0.889. The third-order valence-corrected chi connectivity index (χ3v) is 2.57. The Balaban J connectivity index is 2.21. The van der Waals surface area contributed by atoms with E-state index in [1.54, 1.807) is 0 Å². The van der Waals surface area contributed by atoms with Crippen LogP contribution in [0.5, 0.6) is 0 Å². The molecule has 1 rings (SSSR count). The molecule has 0 unspecified atom stereocenters. The molecule has 0 nitrogen and oxygen atoms in total. The average molecular weight is 156 g/mol. The Morgan fingerprint density at radius 1 is 0.700 bits per heavy atom. The molecule has 0 aromatic heterocycles. The summed E-state index contributed by atoms with van der Waals surface area (Å²) in [4.78, 5) is 1.32. The van der Waals surface area contributed by atoms with Crippen LogP contribution in [0.3, 0.4) is 0 Å². The van der Waals surface area contributed by atoms with Crippen LogP contribution in [0.25, 0.3) is 0 Å². The fourth-order valence-corrected chi connectivity index (χ4v) is 1.77. The lowest BCUT2D eigenvalue weighted by molar-refractivity contribution is 0.624. The molecule has 0 aromatic carbocycles. The maximum absolute atomic E-state index is 5.21. The van der Waals surface area contributed by atoms with Gasteiger partial charge in [0.15, 0.2) is 0 Å². The van der Waals surface area contributed by atoms with Gasteiger partial charge < -0.3 is 0 Å². The van der Waals surface area contributed by atoms with E-state index in [1.165, 1.54) is 56.2 Å². The molecule has 0 N–H and O–H groups in total. The van der Waals surface area contributed by atoms with Crippen LogP contribution in [0, 0.1) is 0 Å². The van der Waals surface area contributed by atoms with Gasteiger partial charge in [-0.05, 0) is 30.5 Å². The first-order valence-corrected chi connectivity index (χ1v) is 4.82. The molecule has 0 heterocycles. The second-order valence-electron chi connectivity index (χ2n) is 3.16. The van der Waals surface area contributed by atoms with Crippen molar-refractivity contribution in [1.82, 2.24) is 0 Å². The Labute approximate surface area is 69.0 Å². The minimum Gasteiger partial charge on any atom is -0.0897 e. The van der Waals surface area contributed by atoms with Crippen LogP contribution in [0.2, 0.25) is 0 Å². The lowest BCUT2D eigenvalue weighted by Gasteiger charge is -1.97. The third kappa shape index (κ3) is 3.31. The van der Waals surface area contributed by atoms with E-state index in [-0.39, 0.29) is 0 Å². The van der Waals surface area contributed by atoms with Crippen LogP contribution in [0.1, 0.15) is 51.4 Å². The average Bonchev–Trinajstić information content (AvgIpc) is 2.02. The summed E-state index contributed by atoms with van der Waals surface area (Å²) in [5, 5.41) is 0. The Morgan fingerprint density at radius 3 is 1.60 bits per heavy atom. The lowest BCUT2D eigenvalue weighted by Crippen LogP contribution is -1.92. The maximum Gasteiger partial charge on any atom is -0.00715 e. The van der Waals surface area contributed by atoms with Crippen LogP contribution in [-0.4, -0.2) is 4.86 Å². The van der Waals surface area contributed by atoms with E-state index in [4.69, 9.17) is 12.2 Å².